The van der Waals surface area contributed by atoms with Gasteiger partial charge in [0.2, 0.25) is 0 Å². The van der Waals surface area contributed by atoms with Crippen molar-refractivity contribution in [3.8, 4) is 0 Å². The Morgan fingerprint density at radius 3 is 2.54 bits per heavy atom. The van der Waals surface area contributed by atoms with Crippen LogP contribution in [0.4, 0.5) is 20.6 Å². The average molecular weight is 384 g/mol. The second-order valence-corrected chi connectivity index (χ2v) is 6.85. The van der Waals surface area contributed by atoms with Crippen molar-refractivity contribution < 1.29 is 23.1 Å². The number of hydrogen-bond donors (Lipinski definition) is 2. The minimum absolute atomic E-state index is 0.107. The van der Waals surface area contributed by atoms with Crippen LogP contribution in [0.2, 0.25) is 0 Å². The van der Waals surface area contributed by atoms with Gasteiger partial charge in [0.15, 0.2) is 5.76 Å². The van der Waals surface area contributed by atoms with Gasteiger partial charge in [0.1, 0.15) is 11.4 Å². The van der Waals surface area contributed by atoms with Crippen LogP contribution in [0.1, 0.15) is 30.0 Å². The molecule has 0 fully saturated rings. The summed E-state index contributed by atoms with van der Waals surface area (Å²) < 4.78 is 24.1. The van der Waals surface area contributed by atoms with Gasteiger partial charge in [-0.2, -0.15) is 0 Å². The number of fused-ring (bicyclic) bond motifs is 1. The molecule has 0 spiro atoms. The summed E-state index contributed by atoms with van der Waals surface area (Å²) in [5, 5.41) is 5.88. The van der Waals surface area contributed by atoms with Gasteiger partial charge in [-0.05, 0) is 49.2 Å². The van der Waals surface area contributed by atoms with Gasteiger partial charge in [-0.1, -0.05) is 19.9 Å². The van der Waals surface area contributed by atoms with E-state index in [0.29, 0.717) is 34.5 Å². The number of nitrogens with one attached hydrogen (secondary N) is 2. The second kappa shape index (κ2) is 8.12. The van der Waals surface area contributed by atoms with Crippen LogP contribution in [0, 0.1) is 18.7 Å². The van der Waals surface area contributed by atoms with E-state index >= 15 is 0 Å². The van der Waals surface area contributed by atoms with Gasteiger partial charge in [-0.3, -0.25) is 10.1 Å². The van der Waals surface area contributed by atoms with E-state index in [4.69, 9.17) is 9.15 Å². The molecule has 2 aromatic carbocycles. The summed E-state index contributed by atoms with van der Waals surface area (Å²) in [4.78, 5) is 24.4. The first-order chi connectivity index (χ1) is 13.3. The molecule has 0 aliphatic rings. The summed E-state index contributed by atoms with van der Waals surface area (Å²) in [6.07, 6.45) is -0.563. The molecular weight excluding hydrogens is 363 g/mol. The molecule has 2 amide bonds. The molecule has 1 aromatic heterocycles. The molecule has 0 radical (unpaired) electrons. The zero-order valence-electron chi connectivity index (χ0n) is 15.8. The van der Waals surface area contributed by atoms with Crippen molar-refractivity contribution in [2.45, 2.75) is 20.8 Å². The molecular formula is C21H21FN2O4. The number of hydrogen-bond acceptors (Lipinski definition) is 4. The maximum absolute atomic E-state index is 13.4. The molecule has 0 bridgehead atoms. The van der Waals surface area contributed by atoms with Crippen LogP contribution in [-0.2, 0) is 4.74 Å². The fraction of sp³-hybridized carbons (Fsp3) is 0.238. The van der Waals surface area contributed by atoms with Gasteiger partial charge >= 0.3 is 6.09 Å². The molecule has 0 aliphatic carbocycles. The number of halogens is 1. The SMILES string of the molecule is Cc1c(C(=O)Nc2cccc(NC(=O)OCC(C)C)c2)oc2ccc(F)cc12. The van der Waals surface area contributed by atoms with E-state index < -0.39 is 17.8 Å². The number of anilines is 2. The zero-order valence-corrected chi connectivity index (χ0v) is 15.8. The Kier molecular flexibility index (Phi) is 5.63. The lowest BCUT2D eigenvalue weighted by molar-refractivity contribution is 0.0998. The van der Waals surface area contributed by atoms with E-state index in [1.54, 1.807) is 31.2 Å². The number of amides is 2. The number of benzene rings is 2. The van der Waals surface area contributed by atoms with Gasteiger partial charge in [-0.15, -0.1) is 0 Å². The summed E-state index contributed by atoms with van der Waals surface area (Å²) in [5.74, 6) is -0.521. The van der Waals surface area contributed by atoms with Gasteiger partial charge in [0, 0.05) is 22.3 Å². The molecule has 0 unspecified atom stereocenters. The van der Waals surface area contributed by atoms with Gasteiger partial charge in [0.05, 0.1) is 6.61 Å². The third-order valence-corrected chi connectivity index (χ3v) is 4.02. The Morgan fingerprint density at radius 2 is 1.82 bits per heavy atom. The fourth-order valence-electron chi connectivity index (χ4n) is 2.67. The van der Waals surface area contributed by atoms with Crippen molar-refractivity contribution in [3.05, 3.63) is 59.6 Å². The monoisotopic (exact) mass is 384 g/mol. The number of rotatable bonds is 5. The number of aryl methyl sites for hydroxylation is 1. The van der Waals surface area contributed by atoms with Crippen LogP contribution in [0.15, 0.2) is 46.9 Å². The Morgan fingerprint density at radius 1 is 1.11 bits per heavy atom. The summed E-state index contributed by atoms with van der Waals surface area (Å²) in [7, 11) is 0. The highest BCUT2D eigenvalue weighted by molar-refractivity contribution is 6.06. The van der Waals surface area contributed by atoms with Crippen LogP contribution >= 0.6 is 0 Å². The highest BCUT2D eigenvalue weighted by Gasteiger charge is 2.18. The molecule has 0 aliphatic heterocycles. The first-order valence-corrected chi connectivity index (χ1v) is 8.87. The average Bonchev–Trinajstić information content (AvgIpc) is 2.97. The third kappa shape index (κ3) is 4.49. The first-order valence-electron chi connectivity index (χ1n) is 8.87. The standard InChI is InChI=1S/C21H21FN2O4/c1-12(2)11-27-21(26)24-16-6-4-5-15(10-16)23-20(25)19-13(3)17-9-14(22)7-8-18(17)28-19/h4-10,12H,11H2,1-3H3,(H,23,25)(H,24,26). The van der Waals surface area contributed by atoms with Crippen LogP contribution in [-0.4, -0.2) is 18.6 Å². The van der Waals surface area contributed by atoms with Crippen molar-refractivity contribution >= 4 is 34.3 Å². The molecule has 3 rings (SSSR count). The molecule has 6 nitrogen and oxygen atoms in total. The second-order valence-electron chi connectivity index (χ2n) is 6.85. The molecule has 0 saturated carbocycles. The molecule has 1 heterocycles. The molecule has 7 heteroatoms. The van der Waals surface area contributed by atoms with E-state index in [1.165, 1.54) is 18.2 Å². The van der Waals surface area contributed by atoms with Crippen LogP contribution in [0.5, 0.6) is 0 Å². The first kappa shape index (κ1) is 19.4. The lowest BCUT2D eigenvalue weighted by Crippen LogP contribution is -2.17. The smallest absolute Gasteiger partial charge is 0.411 e. The van der Waals surface area contributed by atoms with Crippen LogP contribution < -0.4 is 10.6 Å². The van der Waals surface area contributed by atoms with Crippen molar-refractivity contribution in [1.82, 2.24) is 0 Å². The van der Waals surface area contributed by atoms with E-state index in [0.717, 1.165) is 0 Å². The normalized spacial score (nSPS) is 10.9. The van der Waals surface area contributed by atoms with Crippen LogP contribution in [0.3, 0.4) is 0 Å². The van der Waals surface area contributed by atoms with E-state index in [-0.39, 0.29) is 11.7 Å². The fourth-order valence-corrected chi connectivity index (χ4v) is 2.67. The molecule has 28 heavy (non-hydrogen) atoms. The summed E-state index contributed by atoms with van der Waals surface area (Å²) in [5.41, 5.74) is 1.94. The molecule has 2 N–H and O–H groups in total. The van der Waals surface area contributed by atoms with Gasteiger partial charge < -0.3 is 14.5 Å². The minimum atomic E-state index is -0.563. The van der Waals surface area contributed by atoms with Crippen LogP contribution in [0.25, 0.3) is 11.0 Å². The summed E-state index contributed by atoms with van der Waals surface area (Å²) in [6.45, 7) is 5.90. The van der Waals surface area contributed by atoms with Crippen molar-refractivity contribution in [2.75, 3.05) is 17.2 Å². The van der Waals surface area contributed by atoms with Crippen molar-refractivity contribution in [2.24, 2.45) is 5.92 Å². The maximum Gasteiger partial charge on any atom is 0.411 e. The molecule has 0 saturated heterocycles. The highest BCUT2D eigenvalue weighted by Crippen LogP contribution is 2.27. The largest absolute Gasteiger partial charge is 0.451 e. The predicted molar refractivity (Wildman–Crippen MR) is 105 cm³/mol. The zero-order chi connectivity index (χ0) is 20.3. The highest BCUT2D eigenvalue weighted by atomic mass is 19.1. The lowest BCUT2D eigenvalue weighted by Gasteiger charge is -2.10. The predicted octanol–water partition coefficient (Wildman–Crippen LogP) is 5.34. The number of furan rings is 1. The van der Waals surface area contributed by atoms with E-state index in [2.05, 4.69) is 10.6 Å². The lowest BCUT2D eigenvalue weighted by atomic mass is 10.1. The molecule has 146 valence electrons. The summed E-state index contributed by atoms with van der Waals surface area (Å²) >= 11 is 0. The molecule has 0 atom stereocenters. The Labute approximate surface area is 161 Å². The van der Waals surface area contributed by atoms with E-state index in [1.807, 2.05) is 13.8 Å². The van der Waals surface area contributed by atoms with Crippen molar-refractivity contribution in [3.63, 3.8) is 0 Å². The number of ether oxygens (including phenoxy) is 1. The van der Waals surface area contributed by atoms with Gasteiger partial charge in [0.25, 0.3) is 5.91 Å². The maximum atomic E-state index is 13.4. The Balaban J connectivity index is 1.72. The van der Waals surface area contributed by atoms with Gasteiger partial charge in [-0.25, -0.2) is 9.18 Å². The quantitative estimate of drug-likeness (QED) is 0.622. The Bertz CT molecular complexity index is 1030. The number of carbonyl (C=O) groups excluding carboxylic acids is 2. The van der Waals surface area contributed by atoms with E-state index in [9.17, 15) is 14.0 Å². The topological polar surface area (TPSA) is 80.6 Å². The third-order valence-electron chi connectivity index (χ3n) is 4.02. The molecule has 3 aromatic rings. The Hall–Kier alpha value is -3.35. The van der Waals surface area contributed by atoms with Crippen molar-refractivity contribution in [1.29, 1.82) is 0 Å². The minimum Gasteiger partial charge on any atom is -0.451 e. The summed E-state index contributed by atoms with van der Waals surface area (Å²) in [6, 6.07) is 10.8. The number of carbonyl (C=O) groups is 2.